The summed E-state index contributed by atoms with van der Waals surface area (Å²) < 4.78 is 5.25. The molecule has 1 aliphatic carbocycles. The molecule has 0 bridgehead atoms. The van der Waals surface area contributed by atoms with E-state index in [0.717, 1.165) is 51.0 Å². The van der Waals surface area contributed by atoms with Gasteiger partial charge in [-0.05, 0) is 44.9 Å². The Morgan fingerprint density at radius 1 is 1.33 bits per heavy atom. The number of piperidine rings is 1. The highest BCUT2D eigenvalue weighted by Crippen LogP contribution is 2.40. The van der Waals surface area contributed by atoms with Crippen molar-refractivity contribution in [3.05, 3.63) is 17.5 Å². The molecule has 2 aliphatic rings. The maximum Gasteiger partial charge on any atom is 0.273 e. The van der Waals surface area contributed by atoms with Gasteiger partial charge in [0.1, 0.15) is 5.76 Å². The van der Waals surface area contributed by atoms with Crippen LogP contribution in [0.2, 0.25) is 0 Å². The van der Waals surface area contributed by atoms with Crippen molar-refractivity contribution in [2.24, 2.45) is 5.92 Å². The van der Waals surface area contributed by atoms with Gasteiger partial charge in [-0.1, -0.05) is 12.1 Å². The van der Waals surface area contributed by atoms with E-state index in [1.165, 1.54) is 0 Å². The Morgan fingerprint density at radius 3 is 2.67 bits per heavy atom. The van der Waals surface area contributed by atoms with Gasteiger partial charge in [-0.3, -0.25) is 9.59 Å². The van der Waals surface area contributed by atoms with Gasteiger partial charge in [0.2, 0.25) is 5.91 Å². The van der Waals surface area contributed by atoms with E-state index < -0.39 is 0 Å². The molecule has 1 aliphatic heterocycles. The molecule has 1 N–H and O–H groups in total. The first kappa shape index (κ1) is 17.0. The third-order valence-electron chi connectivity index (χ3n) is 5.16. The van der Waals surface area contributed by atoms with E-state index in [-0.39, 0.29) is 17.9 Å². The van der Waals surface area contributed by atoms with Crippen LogP contribution in [0.4, 0.5) is 0 Å². The topological polar surface area (TPSA) is 75.4 Å². The van der Waals surface area contributed by atoms with Crippen molar-refractivity contribution < 1.29 is 14.1 Å². The first-order valence-corrected chi connectivity index (χ1v) is 9.13. The molecule has 1 saturated carbocycles. The summed E-state index contributed by atoms with van der Waals surface area (Å²) in [6.45, 7) is 5.65. The zero-order chi connectivity index (χ0) is 17.1. The lowest BCUT2D eigenvalue weighted by atomic mass is 9.90. The summed E-state index contributed by atoms with van der Waals surface area (Å²) in [5.74, 6) is 1.77. The fourth-order valence-corrected chi connectivity index (χ4v) is 3.38. The molecule has 0 spiro atoms. The molecule has 2 amide bonds. The summed E-state index contributed by atoms with van der Waals surface area (Å²) in [6.07, 6.45) is 5.65. The summed E-state index contributed by atoms with van der Waals surface area (Å²) in [5.41, 5.74) is 0.374. The second kappa shape index (κ2) is 7.36. The van der Waals surface area contributed by atoms with Crippen LogP contribution < -0.4 is 5.32 Å². The minimum Gasteiger partial charge on any atom is -0.360 e. The highest BCUT2D eigenvalue weighted by molar-refractivity contribution is 5.92. The summed E-state index contributed by atoms with van der Waals surface area (Å²) >= 11 is 0. The fraction of sp³-hybridized carbons (Fsp3) is 0.722. The minimum absolute atomic E-state index is 0.0713. The molecule has 1 aromatic rings. The predicted octanol–water partition coefficient (Wildman–Crippen LogP) is 2.71. The zero-order valence-corrected chi connectivity index (χ0v) is 14.6. The van der Waals surface area contributed by atoms with Gasteiger partial charge in [0.05, 0.1) is 0 Å². The second-order valence-corrected chi connectivity index (χ2v) is 7.12. The lowest BCUT2D eigenvalue weighted by Gasteiger charge is -2.35. The standard InChI is InChI=1S/C18H27N3O3/c1-3-4-17(22)21-9-7-13(8-10-21)12(2)19-18(23)15-11-16(24-20-15)14-5-6-14/h11-14H,3-10H2,1-2H3,(H,19,23). The Balaban J connectivity index is 1.47. The van der Waals surface area contributed by atoms with E-state index in [0.29, 0.717) is 24.0 Å². The highest BCUT2D eigenvalue weighted by atomic mass is 16.5. The van der Waals surface area contributed by atoms with Gasteiger partial charge in [0.25, 0.3) is 5.91 Å². The van der Waals surface area contributed by atoms with Crippen molar-refractivity contribution in [1.82, 2.24) is 15.4 Å². The smallest absolute Gasteiger partial charge is 0.273 e. The average Bonchev–Trinajstić information content (AvgIpc) is 3.32. The van der Waals surface area contributed by atoms with Crippen molar-refractivity contribution in [3.8, 4) is 0 Å². The Morgan fingerprint density at radius 2 is 2.04 bits per heavy atom. The first-order chi connectivity index (χ1) is 11.6. The van der Waals surface area contributed by atoms with Gasteiger partial charge in [-0.2, -0.15) is 0 Å². The summed E-state index contributed by atoms with van der Waals surface area (Å²) in [6, 6.07) is 1.84. The van der Waals surface area contributed by atoms with E-state index in [2.05, 4.69) is 10.5 Å². The first-order valence-electron chi connectivity index (χ1n) is 9.13. The number of aromatic nitrogens is 1. The van der Waals surface area contributed by atoms with Crippen LogP contribution in [0.3, 0.4) is 0 Å². The molecule has 3 rings (SSSR count). The van der Waals surface area contributed by atoms with Crippen molar-refractivity contribution >= 4 is 11.8 Å². The van der Waals surface area contributed by atoms with Crippen LogP contribution in [-0.4, -0.2) is 41.0 Å². The molecule has 2 heterocycles. The number of carbonyl (C=O) groups is 2. The number of carbonyl (C=O) groups excluding carboxylic acids is 2. The van der Waals surface area contributed by atoms with Crippen LogP contribution in [0.5, 0.6) is 0 Å². The molecule has 1 aromatic heterocycles. The Hall–Kier alpha value is -1.85. The number of hydrogen-bond acceptors (Lipinski definition) is 4. The quantitative estimate of drug-likeness (QED) is 0.868. The molecule has 6 nitrogen and oxygen atoms in total. The molecule has 132 valence electrons. The van der Waals surface area contributed by atoms with Gasteiger partial charge < -0.3 is 14.7 Å². The number of nitrogens with one attached hydrogen (secondary N) is 1. The normalized spacial score (nSPS) is 20.0. The molecule has 1 unspecified atom stereocenters. The van der Waals surface area contributed by atoms with Crippen LogP contribution in [0, 0.1) is 5.92 Å². The maximum absolute atomic E-state index is 12.3. The molecule has 2 fully saturated rings. The van der Waals surface area contributed by atoms with E-state index in [1.807, 2.05) is 18.7 Å². The van der Waals surface area contributed by atoms with Crippen molar-refractivity contribution in [2.45, 2.75) is 64.3 Å². The minimum atomic E-state index is -0.164. The van der Waals surface area contributed by atoms with Gasteiger partial charge in [0.15, 0.2) is 5.69 Å². The summed E-state index contributed by atoms with van der Waals surface area (Å²) in [5, 5.41) is 6.93. The van der Waals surface area contributed by atoms with Gasteiger partial charge in [0, 0.05) is 37.5 Å². The largest absolute Gasteiger partial charge is 0.360 e. The highest BCUT2D eigenvalue weighted by Gasteiger charge is 2.30. The third-order valence-corrected chi connectivity index (χ3v) is 5.16. The second-order valence-electron chi connectivity index (χ2n) is 7.12. The molecule has 0 radical (unpaired) electrons. The monoisotopic (exact) mass is 333 g/mol. The molecule has 1 saturated heterocycles. The molecule has 1 atom stereocenters. The van der Waals surface area contributed by atoms with E-state index in [9.17, 15) is 9.59 Å². The lowest BCUT2D eigenvalue weighted by Crippen LogP contribution is -2.45. The van der Waals surface area contributed by atoms with Gasteiger partial charge >= 0.3 is 0 Å². The van der Waals surface area contributed by atoms with Crippen molar-refractivity contribution in [3.63, 3.8) is 0 Å². The lowest BCUT2D eigenvalue weighted by molar-refractivity contribution is -0.132. The van der Waals surface area contributed by atoms with Crippen LogP contribution >= 0.6 is 0 Å². The maximum atomic E-state index is 12.3. The Labute approximate surface area is 142 Å². The zero-order valence-electron chi connectivity index (χ0n) is 14.6. The Kier molecular flexibility index (Phi) is 5.21. The van der Waals surface area contributed by atoms with Crippen LogP contribution in [0.15, 0.2) is 10.6 Å². The predicted molar refractivity (Wildman–Crippen MR) is 89.6 cm³/mol. The average molecular weight is 333 g/mol. The molecule has 6 heteroatoms. The van der Waals surface area contributed by atoms with Crippen LogP contribution in [0.25, 0.3) is 0 Å². The molecular weight excluding hydrogens is 306 g/mol. The SMILES string of the molecule is CCCC(=O)N1CCC(C(C)NC(=O)c2cc(C3CC3)on2)CC1. The van der Waals surface area contributed by atoms with Crippen LogP contribution in [0.1, 0.15) is 74.5 Å². The Bertz CT molecular complexity index is 586. The molecule has 24 heavy (non-hydrogen) atoms. The van der Waals surface area contributed by atoms with Crippen LogP contribution in [-0.2, 0) is 4.79 Å². The fourth-order valence-electron chi connectivity index (χ4n) is 3.38. The number of rotatable bonds is 6. The van der Waals surface area contributed by atoms with E-state index in [4.69, 9.17) is 4.52 Å². The van der Waals surface area contributed by atoms with Gasteiger partial charge in [-0.15, -0.1) is 0 Å². The third kappa shape index (κ3) is 3.97. The molecule has 0 aromatic carbocycles. The number of likely N-dealkylation sites (tertiary alicyclic amines) is 1. The van der Waals surface area contributed by atoms with Crippen molar-refractivity contribution in [1.29, 1.82) is 0 Å². The number of hydrogen-bond donors (Lipinski definition) is 1. The molecular formula is C18H27N3O3. The number of nitrogens with zero attached hydrogens (tertiary/aromatic N) is 2. The summed E-state index contributed by atoms with van der Waals surface area (Å²) in [7, 11) is 0. The number of amides is 2. The van der Waals surface area contributed by atoms with E-state index in [1.54, 1.807) is 6.07 Å². The van der Waals surface area contributed by atoms with Gasteiger partial charge in [-0.25, -0.2) is 0 Å². The van der Waals surface area contributed by atoms with E-state index >= 15 is 0 Å². The summed E-state index contributed by atoms with van der Waals surface area (Å²) in [4.78, 5) is 26.2. The van der Waals surface area contributed by atoms with Crippen molar-refractivity contribution in [2.75, 3.05) is 13.1 Å².